The largest absolute Gasteiger partial charge is 0.482 e. The highest BCUT2D eigenvalue weighted by atomic mass is 35.5. The van der Waals surface area contributed by atoms with E-state index in [2.05, 4.69) is 10.1 Å². The van der Waals surface area contributed by atoms with Crippen LogP contribution in [0.5, 0.6) is 5.75 Å². The monoisotopic (exact) mass is 393 g/mol. The number of anilines is 1. The van der Waals surface area contributed by atoms with Crippen LogP contribution < -0.4 is 10.1 Å². The van der Waals surface area contributed by atoms with E-state index in [0.717, 1.165) is 5.56 Å². The summed E-state index contributed by atoms with van der Waals surface area (Å²) in [5, 5.41) is 3.58. The van der Waals surface area contributed by atoms with Gasteiger partial charge in [-0.2, -0.15) is 0 Å². The molecule has 1 N–H and O–H groups in total. The molecule has 136 valence electrons. The fourth-order valence-corrected chi connectivity index (χ4v) is 2.43. The molecule has 1 amide bonds. The average molecular weight is 394 g/mol. The smallest absolute Gasteiger partial charge is 0.343 e. The van der Waals surface area contributed by atoms with Crippen molar-refractivity contribution in [3.63, 3.8) is 0 Å². The second-order valence-electron chi connectivity index (χ2n) is 5.31. The van der Waals surface area contributed by atoms with Crippen molar-refractivity contribution >= 4 is 46.8 Å². The molecule has 0 aromatic heterocycles. The van der Waals surface area contributed by atoms with Gasteiger partial charge in [0.05, 0.1) is 17.2 Å². The van der Waals surface area contributed by atoms with Crippen molar-refractivity contribution < 1.29 is 19.1 Å². The highest BCUT2D eigenvalue weighted by molar-refractivity contribution is 6.42. The molecule has 0 heterocycles. The average Bonchev–Trinajstić information content (AvgIpc) is 2.63. The molecule has 0 saturated heterocycles. The third kappa shape index (κ3) is 5.51. The van der Waals surface area contributed by atoms with E-state index in [4.69, 9.17) is 27.9 Å². The number of methoxy groups -OCH3 is 1. The predicted octanol–water partition coefficient (Wildman–Crippen LogP) is 4.51. The number of ether oxygens (including phenoxy) is 2. The first-order valence-corrected chi connectivity index (χ1v) is 8.39. The van der Waals surface area contributed by atoms with Gasteiger partial charge in [0.1, 0.15) is 5.75 Å². The van der Waals surface area contributed by atoms with E-state index in [9.17, 15) is 9.59 Å². The Morgan fingerprint density at radius 1 is 1.19 bits per heavy atom. The van der Waals surface area contributed by atoms with Crippen molar-refractivity contribution in [3.8, 4) is 5.75 Å². The highest BCUT2D eigenvalue weighted by Gasteiger charge is 2.07. The van der Waals surface area contributed by atoms with Crippen molar-refractivity contribution in [3.05, 3.63) is 63.6 Å². The Morgan fingerprint density at radius 3 is 2.65 bits per heavy atom. The summed E-state index contributed by atoms with van der Waals surface area (Å²) in [5.74, 6) is -0.274. The minimum Gasteiger partial charge on any atom is -0.482 e. The van der Waals surface area contributed by atoms with Gasteiger partial charge in [0.15, 0.2) is 6.61 Å². The van der Waals surface area contributed by atoms with Crippen LogP contribution in [-0.4, -0.2) is 25.6 Å². The van der Waals surface area contributed by atoms with Gasteiger partial charge in [-0.1, -0.05) is 35.3 Å². The van der Waals surface area contributed by atoms with E-state index >= 15 is 0 Å². The maximum absolute atomic E-state index is 12.1. The van der Waals surface area contributed by atoms with Gasteiger partial charge in [-0.3, -0.25) is 4.79 Å². The molecule has 0 saturated carbocycles. The fraction of sp³-hybridized carbons (Fsp3) is 0.158. The molecular formula is C19H17Cl2NO4. The van der Waals surface area contributed by atoms with E-state index in [1.54, 1.807) is 42.5 Å². The minimum absolute atomic E-state index is 0.176. The van der Waals surface area contributed by atoms with Crippen LogP contribution >= 0.6 is 23.2 Å². The van der Waals surface area contributed by atoms with Crippen molar-refractivity contribution in [2.45, 2.75) is 6.92 Å². The van der Waals surface area contributed by atoms with E-state index in [0.29, 0.717) is 27.0 Å². The van der Waals surface area contributed by atoms with Crippen molar-refractivity contribution in [2.24, 2.45) is 0 Å². The van der Waals surface area contributed by atoms with Gasteiger partial charge in [0, 0.05) is 11.8 Å². The molecule has 2 aromatic rings. The van der Waals surface area contributed by atoms with Crippen LogP contribution in [0.3, 0.4) is 0 Å². The molecule has 2 rings (SSSR count). The molecule has 0 fully saturated rings. The first-order chi connectivity index (χ1) is 12.4. The van der Waals surface area contributed by atoms with Crippen LogP contribution in [0.2, 0.25) is 10.0 Å². The Balaban J connectivity index is 2.01. The first kappa shape index (κ1) is 19.8. The number of rotatable bonds is 6. The maximum atomic E-state index is 12.1. The standard InChI is InChI=1S/C19H17Cl2NO4/c1-12-10-14(26-11-18(24)25-2)7-8-16(12)22-17(23)9-6-13-4-3-5-15(20)19(13)21/h3-10H,11H2,1-2H3,(H,22,23)/b9-6+. The van der Waals surface area contributed by atoms with Gasteiger partial charge in [-0.05, 0) is 48.4 Å². The summed E-state index contributed by atoms with van der Waals surface area (Å²) in [6.45, 7) is 1.64. The molecule has 7 heteroatoms. The first-order valence-electron chi connectivity index (χ1n) is 7.64. The lowest BCUT2D eigenvalue weighted by molar-refractivity contribution is -0.142. The summed E-state index contributed by atoms with van der Waals surface area (Å²) in [6.07, 6.45) is 2.96. The summed E-state index contributed by atoms with van der Waals surface area (Å²) < 4.78 is 9.81. The number of amides is 1. The Hall–Kier alpha value is -2.50. The summed E-state index contributed by atoms with van der Waals surface area (Å²) in [5.41, 5.74) is 2.06. The van der Waals surface area contributed by atoms with Crippen LogP contribution in [0.4, 0.5) is 5.69 Å². The van der Waals surface area contributed by atoms with Gasteiger partial charge in [0.2, 0.25) is 5.91 Å². The lowest BCUT2D eigenvalue weighted by Crippen LogP contribution is -2.13. The Morgan fingerprint density at radius 2 is 1.96 bits per heavy atom. The Bertz CT molecular complexity index is 849. The number of carbonyl (C=O) groups excluding carboxylic acids is 2. The van der Waals surface area contributed by atoms with Crippen LogP contribution in [0.1, 0.15) is 11.1 Å². The second-order valence-corrected chi connectivity index (χ2v) is 6.09. The number of esters is 1. The van der Waals surface area contributed by atoms with Crippen molar-refractivity contribution in [2.75, 3.05) is 19.0 Å². The molecule has 0 bridgehead atoms. The van der Waals surface area contributed by atoms with Crippen molar-refractivity contribution in [1.29, 1.82) is 0 Å². The molecule has 0 aliphatic carbocycles. The van der Waals surface area contributed by atoms with Gasteiger partial charge < -0.3 is 14.8 Å². The maximum Gasteiger partial charge on any atom is 0.343 e. The molecule has 0 radical (unpaired) electrons. The lowest BCUT2D eigenvalue weighted by Gasteiger charge is -2.10. The van der Waals surface area contributed by atoms with E-state index in [-0.39, 0.29) is 12.5 Å². The normalized spacial score (nSPS) is 10.6. The third-order valence-corrected chi connectivity index (χ3v) is 4.27. The lowest BCUT2D eigenvalue weighted by atomic mass is 10.2. The molecule has 26 heavy (non-hydrogen) atoms. The Labute approximate surface area is 161 Å². The van der Waals surface area contributed by atoms with Gasteiger partial charge in [-0.25, -0.2) is 4.79 Å². The highest BCUT2D eigenvalue weighted by Crippen LogP contribution is 2.26. The molecule has 0 spiro atoms. The summed E-state index contributed by atoms with van der Waals surface area (Å²) >= 11 is 12.0. The van der Waals surface area contributed by atoms with Gasteiger partial charge in [0.25, 0.3) is 0 Å². The van der Waals surface area contributed by atoms with Gasteiger partial charge >= 0.3 is 5.97 Å². The third-order valence-electron chi connectivity index (χ3n) is 3.44. The number of benzene rings is 2. The summed E-state index contributed by atoms with van der Waals surface area (Å²) in [7, 11) is 1.29. The zero-order valence-corrected chi connectivity index (χ0v) is 15.7. The minimum atomic E-state index is -0.468. The topological polar surface area (TPSA) is 64.6 Å². The molecule has 0 atom stereocenters. The number of aryl methyl sites for hydroxylation is 1. The van der Waals surface area contributed by atoms with Crippen LogP contribution in [-0.2, 0) is 14.3 Å². The zero-order valence-electron chi connectivity index (χ0n) is 14.2. The summed E-state index contributed by atoms with van der Waals surface area (Å²) in [4.78, 5) is 23.2. The quantitative estimate of drug-likeness (QED) is 0.579. The van der Waals surface area contributed by atoms with Crippen molar-refractivity contribution in [1.82, 2.24) is 0 Å². The number of nitrogens with one attached hydrogen (secondary N) is 1. The fourth-order valence-electron chi connectivity index (χ4n) is 2.06. The van der Waals surface area contributed by atoms with E-state index in [1.807, 2.05) is 6.92 Å². The molecule has 2 aromatic carbocycles. The van der Waals surface area contributed by atoms with Crippen LogP contribution in [0, 0.1) is 6.92 Å². The number of carbonyl (C=O) groups is 2. The number of halogens is 2. The van der Waals surface area contributed by atoms with E-state index < -0.39 is 5.97 Å². The molecule has 5 nitrogen and oxygen atoms in total. The number of hydrogen-bond acceptors (Lipinski definition) is 4. The Kier molecular flexibility index (Phi) is 7.06. The SMILES string of the molecule is COC(=O)COc1ccc(NC(=O)/C=C/c2cccc(Cl)c2Cl)c(C)c1. The zero-order chi connectivity index (χ0) is 19.1. The number of hydrogen-bond donors (Lipinski definition) is 1. The molecule has 0 unspecified atom stereocenters. The molecule has 0 aliphatic rings. The predicted molar refractivity (Wildman–Crippen MR) is 103 cm³/mol. The summed E-state index contributed by atoms with van der Waals surface area (Å²) in [6, 6.07) is 10.3. The molecular weight excluding hydrogens is 377 g/mol. The van der Waals surface area contributed by atoms with E-state index in [1.165, 1.54) is 13.2 Å². The van der Waals surface area contributed by atoms with Crippen LogP contribution in [0.15, 0.2) is 42.5 Å². The van der Waals surface area contributed by atoms with Crippen LogP contribution in [0.25, 0.3) is 6.08 Å². The van der Waals surface area contributed by atoms with Gasteiger partial charge in [-0.15, -0.1) is 0 Å². The molecule has 0 aliphatic heterocycles. The second kappa shape index (κ2) is 9.27.